The van der Waals surface area contributed by atoms with Crippen LogP contribution in [0.3, 0.4) is 0 Å². The first-order valence-electron chi connectivity index (χ1n) is 5.78. The van der Waals surface area contributed by atoms with Gasteiger partial charge < -0.3 is 4.90 Å². The molecule has 2 heterocycles. The van der Waals surface area contributed by atoms with Gasteiger partial charge in [0.15, 0.2) is 0 Å². The van der Waals surface area contributed by atoms with Gasteiger partial charge in [0.25, 0.3) is 10.0 Å². The largest absolute Gasteiger partial charge is 0.303 e. The van der Waals surface area contributed by atoms with E-state index in [0.717, 1.165) is 22.4 Å². The molecular weight excluding hydrogens is 336 g/mol. The molecule has 18 heavy (non-hydrogen) atoms. The monoisotopic (exact) mass is 352 g/mol. The summed E-state index contributed by atoms with van der Waals surface area (Å²) in [5, 5.41) is 0. The third-order valence-corrected chi connectivity index (χ3v) is 7.77. The van der Waals surface area contributed by atoms with E-state index in [4.69, 9.17) is 0 Å². The zero-order chi connectivity index (χ0) is 13.5. The SMILES string of the molecule is Cc1cc(S(=O)(=O)N2CCN(C)CC2C)sc1Br. The summed E-state index contributed by atoms with van der Waals surface area (Å²) in [5.41, 5.74) is 0.973. The van der Waals surface area contributed by atoms with Crippen LogP contribution in [0.25, 0.3) is 0 Å². The Hall–Kier alpha value is 0.0500. The van der Waals surface area contributed by atoms with E-state index in [1.165, 1.54) is 11.3 Å². The first-order chi connectivity index (χ1) is 8.32. The van der Waals surface area contributed by atoms with E-state index >= 15 is 0 Å². The lowest BCUT2D eigenvalue weighted by Crippen LogP contribution is -2.52. The molecular formula is C11H17BrN2O2S2. The van der Waals surface area contributed by atoms with Crippen LogP contribution >= 0.6 is 27.3 Å². The van der Waals surface area contributed by atoms with Gasteiger partial charge in [-0.25, -0.2) is 8.42 Å². The molecule has 0 aromatic carbocycles. The molecule has 1 aliphatic rings. The molecule has 0 aliphatic carbocycles. The van der Waals surface area contributed by atoms with Gasteiger partial charge in [-0.05, 0) is 48.5 Å². The average molecular weight is 353 g/mol. The van der Waals surface area contributed by atoms with E-state index in [2.05, 4.69) is 20.8 Å². The van der Waals surface area contributed by atoms with Crippen LogP contribution in [-0.4, -0.2) is 50.3 Å². The van der Waals surface area contributed by atoms with E-state index in [1.807, 2.05) is 20.9 Å². The van der Waals surface area contributed by atoms with Gasteiger partial charge >= 0.3 is 0 Å². The van der Waals surface area contributed by atoms with Crippen molar-refractivity contribution in [3.05, 3.63) is 15.4 Å². The standard InChI is InChI=1S/C11H17BrN2O2S2/c1-8-6-10(17-11(8)12)18(15,16)14-5-4-13(3)7-9(14)2/h6,9H,4-5,7H2,1-3H3. The number of nitrogens with zero attached hydrogens (tertiary/aromatic N) is 2. The lowest BCUT2D eigenvalue weighted by Gasteiger charge is -2.36. The zero-order valence-electron chi connectivity index (χ0n) is 10.7. The van der Waals surface area contributed by atoms with Crippen LogP contribution in [0.4, 0.5) is 0 Å². The predicted molar refractivity (Wildman–Crippen MR) is 77.6 cm³/mol. The molecule has 0 spiro atoms. The van der Waals surface area contributed by atoms with E-state index in [-0.39, 0.29) is 6.04 Å². The Labute approximate surface area is 121 Å². The Kier molecular flexibility index (Phi) is 4.18. The Morgan fingerprint density at radius 3 is 2.61 bits per heavy atom. The molecule has 1 aliphatic heterocycles. The highest BCUT2D eigenvalue weighted by atomic mass is 79.9. The molecule has 1 saturated heterocycles. The number of rotatable bonds is 2. The van der Waals surface area contributed by atoms with Crippen molar-refractivity contribution in [2.24, 2.45) is 0 Å². The molecule has 1 atom stereocenters. The molecule has 1 fully saturated rings. The van der Waals surface area contributed by atoms with Crippen molar-refractivity contribution >= 4 is 37.3 Å². The molecule has 102 valence electrons. The lowest BCUT2D eigenvalue weighted by molar-refractivity contribution is 0.170. The van der Waals surface area contributed by atoms with Gasteiger partial charge in [-0.1, -0.05) is 0 Å². The summed E-state index contributed by atoms with van der Waals surface area (Å²) < 4.78 is 28.1. The molecule has 0 amide bonds. The molecule has 1 unspecified atom stereocenters. The van der Waals surface area contributed by atoms with Crippen LogP contribution in [-0.2, 0) is 10.0 Å². The van der Waals surface area contributed by atoms with Crippen LogP contribution in [0, 0.1) is 6.92 Å². The summed E-state index contributed by atoms with van der Waals surface area (Å²) in [6.45, 7) is 6.00. The Balaban J connectivity index is 2.31. The zero-order valence-corrected chi connectivity index (χ0v) is 13.9. The average Bonchev–Trinajstić information content (AvgIpc) is 2.59. The third-order valence-electron chi connectivity index (χ3n) is 3.17. The van der Waals surface area contributed by atoms with Crippen LogP contribution in [0.5, 0.6) is 0 Å². The predicted octanol–water partition coefficient (Wildman–Crippen LogP) is 2.14. The highest BCUT2D eigenvalue weighted by molar-refractivity contribution is 9.11. The van der Waals surface area contributed by atoms with Gasteiger partial charge in [0, 0.05) is 25.7 Å². The summed E-state index contributed by atoms with van der Waals surface area (Å²) >= 11 is 4.68. The molecule has 1 aromatic rings. The Bertz CT molecular complexity index is 522. The van der Waals surface area contributed by atoms with Crippen molar-refractivity contribution in [3.8, 4) is 0 Å². The van der Waals surface area contributed by atoms with Crippen molar-refractivity contribution in [2.75, 3.05) is 26.7 Å². The van der Waals surface area contributed by atoms with E-state index in [0.29, 0.717) is 10.8 Å². The highest BCUT2D eigenvalue weighted by Gasteiger charge is 2.33. The molecule has 1 aromatic heterocycles. The molecule has 0 radical (unpaired) electrons. The number of aryl methyl sites for hydroxylation is 1. The first kappa shape index (κ1) is 14.5. The fourth-order valence-electron chi connectivity index (χ4n) is 2.15. The third kappa shape index (κ3) is 2.65. The van der Waals surface area contributed by atoms with Crippen LogP contribution < -0.4 is 0 Å². The van der Waals surface area contributed by atoms with Gasteiger partial charge in [0.1, 0.15) is 4.21 Å². The van der Waals surface area contributed by atoms with Crippen LogP contribution in [0.2, 0.25) is 0 Å². The minimum atomic E-state index is -3.34. The summed E-state index contributed by atoms with van der Waals surface area (Å²) in [7, 11) is -1.32. The fraction of sp³-hybridized carbons (Fsp3) is 0.636. The number of sulfonamides is 1. The van der Waals surface area contributed by atoms with Crippen molar-refractivity contribution in [1.82, 2.24) is 9.21 Å². The molecule has 0 saturated carbocycles. The van der Waals surface area contributed by atoms with E-state index in [1.54, 1.807) is 10.4 Å². The summed E-state index contributed by atoms with van der Waals surface area (Å²) in [6.07, 6.45) is 0. The Morgan fingerprint density at radius 1 is 1.44 bits per heavy atom. The number of halogens is 1. The minimum Gasteiger partial charge on any atom is -0.303 e. The second-order valence-corrected chi connectivity index (χ2v) is 9.24. The van der Waals surface area contributed by atoms with E-state index in [9.17, 15) is 8.42 Å². The van der Waals surface area contributed by atoms with Crippen molar-refractivity contribution < 1.29 is 8.42 Å². The lowest BCUT2D eigenvalue weighted by atomic mass is 10.2. The molecule has 0 N–H and O–H groups in total. The highest BCUT2D eigenvalue weighted by Crippen LogP contribution is 2.33. The number of thiophene rings is 1. The summed E-state index contributed by atoms with van der Waals surface area (Å²) in [6, 6.07) is 1.77. The fourth-order valence-corrected chi connectivity index (χ4v) is 6.12. The normalized spacial score (nSPS) is 23.4. The molecule has 7 heteroatoms. The second-order valence-electron chi connectivity index (χ2n) is 4.75. The number of likely N-dealkylation sites (N-methyl/N-ethyl adjacent to an activating group) is 1. The van der Waals surface area contributed by atoms with Gasteiger partial charge in [-0.15, -0.1) is 11.3 Å². The van der Waals surface area contributed by atoms with Crippen molar-refractivity contribution in [1.29, 1.82) is 0 Å². The molecule has 0 bridgehead atoms. The maximum atomic E-state index is 12.6. The maximum Gasteiger partial charge on any atom is 0.252 e. The van der Waals surface area contributed by atoms with Crippen LogP contribution in [0.15, 0.2) is 14.1 Å². The first-order valence-corrected chi connectivity index (χ1v) is 8.83. The van der Waals surface area contributed by atoms with Gasteiger partial charge in [-0.2, -0.15) is 4.31 Å². The minimum absolute atomic E-state index is 0.0231. The summed E-state index contributed by atoms with van der Waals surface area (Å²) in [5.74, 6) is 0. The smallest absolute Gasteiger partial charge is 0.252 e. The van der Waals surface area contributed by atoms with Gasteiger partial charge in [0.2, 0.25) is 0 Å². The number of hydrogen-bond acceptors (Lipinski definition) is 4. The number of piperazine rings is 1. The number of hydrogen-bond donors (Lipinski definition) is 0. The molecule has 4 nitrogen and oxygen atoms in total. The van der Waals surface area contributed by atoms with Gasteiger partial charge in [0.05, 0.1) is 3.79 Å². The maximum absolute atomic E-state index is 12.6. The van der Waals surface area contributed by atoms with Crippen molar-refractivity contribution in [3.63, 3.8) is 0 Å². The quantitative estimate of drug-likeness (QED) is 0.818. The van der Waals surface area contributed by atoms with E-state index < -0.39 is 10.0 Å². The molecule has 2 rings (SSSR count). The van der Waals surface area contributed by atoms with Gasteiger partial charge in [-0.3, -0.25) is 0 Å². The topological polar surface area (TPSA) is 40.6 Å². The van der Waals surface area contributed by atoms with Crippen molar-refractivity contribution in [2.45, 2.75) is 24.1 Å². The Morgan fingerprint density at radius 2 is 2.11 bits per heavy atom. The second kappa shape index (κ2) is 5.20. The summed E-state index contributed by atoms with van der Waals surface area (Å²) in [4.78, 5) is 2.16. The van der Waals surface area contributed by atoms with Crippen LogP contribution in [0.1, 0.15) is 12.5 Å².